The number of hydrogen-bond donors (Lipinski definition) is 2. The van der Waals surface area contributed by atoms with Gasteiger partial charge in [-0.05, 0) is 73.5 Å². The van der Waals surface area contributed by atoms with Crippen molar-refractivity contribution in [3.8, 4) is 5.75 Å². The maximum atomic E-state index is 13.0. The molecule has 0 saturated carbocycles. The molecule has 1 aliphatic heterocycles. The van der Waals surface area contributed by atoms with Crippen molar-refractivity contribution in [2.45, 2.75) is 28.8 Å². The molecule has 0 spiro atoms. The van der Waals surface area contributed by atoms with E-state index in [2.05, 4.69) is 10.0 Å². The third-order valence-corrected chi connectivity index (χ3v) is 9.27. The molecule has 4 rings (SSSR count). The third kappa shape index (κ3) is 6.34. The molecule has 1 fully saturated rings. The first kappa shape index (κ1) is 28.4. The first-order valence-electron chi connectivity index (χ1n) is 11.6. The maximum Gasteiger partial charge on any atom is 0.416 e. The van der Waals surface area contributed by atoms with Crippen LogP contribution in [0.2, 0.25) is 0 Å². The second kappa shape index (κ2) is 10.9. The number of amides is 1. The lowest BCUT2D eigenvalue weighted by molar-refractivity contribution is -0.137. The van der Waals surface area contributed by atoms with Crippen LogP contribution in [0.3, 0.4) is 0 Å². The van der Waals surface area contributed by atoms with Crippen LogP contribution >= 0.6 is 0 Å². The summed E-state index contributed by atoms with van der Waals surface area (Å²) in [6.07, 6.45) is -3.13. The quantitative estimate of drug-likeness (QED) is 0.401. The molecule has 0 atom stereocenters. The average Bonchev–Trinajstić information content (AvgIpc) is 3.44. The van der Waals surface area contributed by atoms with Crippen LogP contribution in [0, 0.1) is 0 Å². The minimum absolute atomic E-state index is 0.0410. The van der Waals surface area contributed by atoms with Crippen molar-refractivity contribution in [3.05, 3.63) is 77.9 Å². The van der Waals surface area contributed by atoms with E-state index in [0.717, 1.165) is 37.1 Å². The van der Waals surface area contributed by atoms with Crippen molar-refractivity contribution in [1.82, 2.24) is 4.31 Å². The molecule has 208 valence electrons. The van der Waals surface area contributed by atoms with Crippen molar-refractivity contribution < 1.29 is 39.5 Å². The van der Waals surface area contributed by atoms with Crippen LogP contribution < -0.4 is 14.8 Å². The molecule has 0 aromatic heterocycles. The number of hydrogen-bond acceptors (Lipinski definition) is 6. The minimum atomic E-state index is -4.64. The monoisotopic (exact) mass is 583 g/mol. The van der Waals surface area contributed by atoms with Gasteiger partial charge in [0.05, 0.1) is 28.0 Å². The lowest BCUT2D eigenvalue weighted by Gasteiger charge is -2.17. The fourth-order valence-electron chi connectivity index (χ4n) is 3.99. The second-order valence-corrected chi connectivity index (χ2v) is 12.3. The zero-order valence-corrected chi connectivity index (χ0v) is 22.2. The van der Waals surface area contributed by atoms with Gasteiger partial charge in [-0.2, -0.15) is 17.5 Å². The van der Waals surface area contributed by atoms with E-state index in [0.29, 0.717) is 19.2 Å². The summed E-state index contributed by atoms with van der Waals surface area (Å²) in [4.78, 5) is 12.7. The van der Waals surface area contributed by atoms with Crippen molar-refractivity contribution in [2.24, 2.45) is 0 Å². The average molecular weight is 584 g/mol. The minimum Gasteiger partial charge on any atom is -0.496 e. The van der Waals surface area contributed by atoms with Crippen LogP contribution in [0.15, 0.2) is 76.5 Å². The largest absolute Gasteiger partial charge is 0.496 e. The zero-order valence-electron chi connectivity index (χ0n) is 20.5. The van der Waals surface area contributed by atoms with Gasteiger partial charge in [0.15, 0.2) is 0 Å². The zero-order chi connectivity index (χ0) is 28.4. The van der Waals surface area contributed by atoms with E-state index >= 15 is 0 Å². The lowest BCUT2D eigenvalue weighted by atomic mass is 10.2. The smallest absolute Gasteiger partial charge is 0.416 e. The number of carbonyl (C=O) groups excluding carboxylic acids is 1. The standard InChI is InChI=1S/C25H24F3N3O6S2/c1-37-23-12-11-21(39(35,36)31-13-2-3-14-31)16-22(23)24(32)29-18-7-9-20(10-8-18)38(33,34)30-19-6-4-5-17(15-19)25(26,27)28/h4-12,15-16,30H,2-3,13-14H2,1H3,(H,29,32). The van der Waals surface area contributed by atoms with Crippen molar-refractivity contribution in [2.75, 3.05) is 30.2 Å². The molecule has 3 aromatic carbocycles. The highest BCUT2D eigenvalue weighted by atomic mass is 32.2. The van der Waals surface area contributed by atoms with E-state index in [9.17, 15) is 34.8 Å². The van der Waals surface area contributed by atoms with Gasteiger partial charge in [-0.1, -0.05) is 6.07 Å². The Morgan fingerprint density at radius 2 is 1.51 bits per heavy atom. The topological polar surface area (TPSA) is 122 Å². The highest BCUT2D eigenvalue weighted by Crippen LogP contribution is 2.31. The molecule has 1 aliphatic rings. The number of benzene rings is 3. The van der Waals surface area contributed by atoms with E-state index in [1.54, 1.807) is 0 Å². The molecule has 0 radical (unpaired) electrons. The Labute approximate surface area is 223 Å². The molecule has 0 bridgehead atoms. The van der Waals surface area contributed by atoms with Gasteiger partial charge in [0.2, 0.25) is 10.0 Å². The number of carbonyl (C=O) groups is 1. The number of methoxy groups -OCH3 is 1. The Morgan fingerprint density at radius 3 is 2.13 bits per heavy atom. The van der Waals surface area contributed by atoms with E-state index in [1.807, 2.05) is 0 Å². The maximum absolute atomic E-state index is 13.0. The van der Waals surface area contributed by atoms with Crippen molar-refractivity contribution in [1.29, 1.82) is 0 Å². The Balaban J connectivity index is 1.52. The summed E-state index contributed by atoms with van der Waals surface area (Å²) in [5.41, 5.74) is -1.12. The molecule has 0 aliphatic carbocycles. The molecule has 14 heteroatoms. The molecular formula is C25H24F3N3O6S2. The molecule has 39 heavy (non-hydrogen) atoms. The fourth-order valence-corrected chi connectivity index (χ4v) is 6.58. The van der Waals surface area contributed by atoms with Gasteiger partial charge < -0.3 is 10.1 Å². The van der Waals surface area contributed by atoms with Crippen molar-refractivity contribution in [3.63, 3.8) is 0 Å². The molecular weight excluding hydrogens is 559 g/mol. The number of ether oxygens (including phenoxy) is 1. The summed E-state index contributed by atoms with van der Waals surface area (Å²) in [6.45, 7) is 0.793. The van der Waals surface area contributed by atoms with Gasteiger partial charge in [-0.15, -0.1) is 0 Å². The van der Waals surface area contributed by atoms with Crippen molar-refractivity contribution >= 4 is 37.3 Å². The molecule has 3 aromatic rings. The number of anilines is 2. The van der Waals surface area contributed by atoms with Crippen LogP contribution in [0.4, 0.5) is 24.5 Å². The normalized spacial score (nSPS) is 14.7. The predicted molar refractivity (Wildman–Crippen MR) is 138 cm³/mol. The fraction of sp³-hybridized carbons (Fsp3) is 0.240. The SMILES string of the molecule is COc1ccc(S(=O)(=O)N2CCCC2)cc1C(=O)Nc1ccc(S(=O)(=O)Nc2cccc(C(F)(F)F)c2)cc1. The van der Waals surface area contributed by atoms with Gasteiger partial charge >= 0.3 is 6.18 Å². The summed E-state index contributed by atoms with van der Waals surface area (Å²) >= 11 is 0. The van der Waals surface area contributed by atoms with Gasteiger partial charge in [0.1, 0.15) is 5.75 Å². The number of alkyl halides is 3. The summed E-state index contributed by atoms with van der Waals surface area (Å²) < 4.78 is 98.7. The summed E-state index contributed by atoms with van der Waals surface area (Å²) in [7, 11) is -6.69. The summed E-state index contributed by atoms with van der Waals surface area (Å²) in [5, 5.41) is 2.57. The van der Waals surface area contributed by atoms with Gasteiger partial charge in [-0.25, -0.2) is 16.8 Å². The van der Waals surface area contributed by atoms with Crippen LogP contribution in [0.5, 0.6) is 5.75 Å². The Morgan fingerprint density at radius 1 is 0.872 bits per heavy atom. The third-order valence-electron chi connectivity index (χ3n) is 5.98. The van der Waals surface area contributed by atoms with Crippen LogP contribution in [0.25, 0.3) is 0 Å². The van der Waals surface area contributed by atoms with E-state index in [-0.39, 0.29) is 32.5 Å². The Hall–Kier alpha value is -3.62. The van der Waals surface area contributed by atoms with Gasteiger partial charge in [0.25, 0.3) is 15.9 Å². The van der Waals surface area contributed by atoms with E-state index in [1.165, 1.54) is 47.8 Å². The number of halogens is 3. The van der Waals surface area contributed by atoms with Crippen LogP contribution in [-0.4, -0.2) is 47.2 Å². The van der Waals surface area contributed by atoms with E-state index in [4.69, 9.17) is 4.74 Å². The number of sulfonamides is 2. The Kier molecular flexibility index (Phi) is 7.91. The second-order valence-electron chi connectivity index (χ2n) is 8.64. The lowest BCUT2D eigenvalue weighted by Crippen LogP contribution is -2.28. The molecule has 9 nitrogen and oxygen atoms in total. The molecule has 1 amide bonds. The predicted octanol–water partition coefficient (Wildman–Crippen LogP) is 4.55. The van der Waals surface area contributed by atoms with Crippen LogP contribution in [-0.2, 0) is 26.2 Å². The molecule has 2 N–H and O–H groups in total. The molecule has 1 saturated heterocycles. The first-order chi connectivity index (χ1) is 18.3. The highest BCUT2D eigenvalue weighted by molar-refractivity contribution is 7.92. The summed E-state index contributed by atoms with van der Waals surface area (Å²) in [5.74, 6) is -0.555. The first-order valence-corrected chi connectivity index (χ1v) is 14.5. The molecule has 0 unspecified atom stereocenters. The van der Waals surface area contributed by atoms with Gasteiger partial charge in [-0.3, -0.25) is 9.52 Å². The highest BCUT2D eigenvalue weighted by Gasteiger charge is 2.31. The summed E-state index contributed by atoms with van der Waals surface area (Å²) in [6, 6.07) is 12.6. The van der Waals surface area contributed by atoms with E-state index < -0.39 is 37.7 Å². The van der Waals surface area contributed by atoms with Crippen LogP contribution in [0.1, 0.15) is 28.8 Å². The Bertz CT molecular complexity index is 1590. The number of nitrogens with zero attached hydrogens (tertiary/aromatic N) is 1. The van der Waals surface area contributed by atoms with Gasteiger partial charge in [0, 0.05) is 24.5 Å². The number of rotatable bonds is 8. The number of nitrogens with one attached hydrogen (secondary N) is 2. The molecule has 1 heterocycles.